The Bertz CT molecular complexity index is 644. The summed E-state index contributed by atoms with van der Waals surface area (Å²) in [6.07, 6.45) is 0. The number of hydrogen-bond donors (Lipinski definition) is 2. The fraction of sp³-hybridized carbons (Fsp3) is 0.250. The van der Waals surface area contributed by atoms with E-state index in [1.807, 2.05) is 12.1 Å². The Morgan fingerprint density at radius 2 is 1.95 bits per heavy atom. The predicted octanol–water partition coefficient (Wildman–Crippen LogP) is 3.31. The standard InChI is InChI=1S/C16H18N4O/c1-11(2)10-21-16-14(18)7-8-15(20-16)19-13-5-3-12(9-17)4-6-13/h3-8,11H,10,18H2,1-2H3,(H,19,20). The first-order valence-electron chi connectivity index (χ1n) is 6.75. The normalized spacial score (nSPS) is 10.2. The molecule has 0 unspecified atom stereocenters. The van der Waals surface area contributed by atoms with Crippen LogP contribution in [-0.4, -0.2) is 11.6 Å². The smallest absolute Gasteiger partial charge is 0.239 e. The van der Waals surface area contributed by atoms with Crippen molar-refractivity contribution in [2.24, 2.45) is 5.92 Å². The molecule has 3 N–H and O–H groups in total. The Kier molecular flexibility index (Phi) is 4.62. The lowest BCUT2D eigenvalue weighted by atomic mass is 10.2. The van der Waals surface area contributed by atoms with Gasteiger partial charge < -0.3 is 15.8 Å². The Labute approximate surface area is 124 Å². The number of ether oxygens (including phenoxy) is 1. The second-order valence-electron chi connectivity index (χ2n) is 5.11. The van der Waals surface area contributed by atoms with E-state index in [0.29, 0.717) is 35.5 Å². The highest BCUT2D eigenvalue weighted by atomic mass is 16.5. The Balaban J connectivity index is 2.12. The minimum absolute atomic E-state index is 0.404. The van der Waals surface area contributed by atoms with E-state index in [4.69, 9.17) is 15.7 Å². The molecule has 0 bridgehead atoms. The zero-order chi connectivity index (χ0) is 15.2. The molecule has 1 aromatic heterocycles. The molecule has 5 heteroatoms. The zero-order valence-corrected chi connectivity index (χ0v) is 12.1. The van der Waals surface area contributed by atoms with Crippen molar-refractivity contribution in [1.29, 1.82) is 5.26 Å². The van der Waals surface area contributed by atoms with Gasteiger partial charge in [-0.05, 0) is 42.3 Å². The van der Waals surface area contributed by atoms with Crippen LogP contribution in [0.5, 0.6) is 5.88 Å². The van der Waals surface area contributed by atoms with E-state index < -0.39 is 0 Å². The van der Waals surface area contributed by atoms with Crippen LogP contribution in [0.3, 0.4) is 0 Å². The van der Waals surface area contributed by atoms with Crippen molar-refractivity contribution in [3.63, 3.8) is 0 Å². The molecular weight excluding hydrogens is 264 g/mol. The van der Waals surface area contributed by atoms with Crippen molar-refractivity contribution in [2.75, 3.05) is 17.7 Å². The number of nitriles is 1. The Morgan fingerprint density at radius 3 is 2.57 bits per heavy atom. The average molecular weight is 282 g/mol. The highest BCUT2D eigenvalue weighted by Gasteiger charge is 2.06. The molecule has 0 amide bonds. The highest BCUT2D eigenvalue weighted by molar-refractivity contribution is 5.61. The molecule has 0 aliphatic heterocycles. The zero-order valence-electron chi connectivity index (χ0n) is 12.1. The molecule has 0 aliphatic rings. The number of nitrogens with zero attached hydrogens (tertiary/aromatic N) is 2. The number of pyridine rings is 1. The quantitative estimate of drug-likeness (QED) is 0.878. The summed E-state index contributed by atoms with van der Waals surface area (Å²) in [4.78, 5) is 4.36. The van der Waals surface area contributed by atoms with Gasteiger partial charge in [-0.3, -0.25) is 0 Å². The molecule has 21 heavy (non-hydrogen) atoms. The van der Waals surface area contributed by atoms with Crippen LogP contribution in [0.15, 0.2) is 36.4 Å². The molecule has 2 aromatic rings. The molecule has 1 heterocycles. The van der Waals surface area contributed by atoms with E-state index in [9.17, 15) is 0 Å². The van der Waals surface area contributed by atoms with Crippen LogP contribution in [0, 0.1) is 17.2 Å². The number of hydrogen-bond acceptors (Lipinski definition) is 5. The van der Waals surface area contributed by atoms with Crippen molar-refractivity contribution in [2.45, 2.75) is 13.8 Å². The number of anilines is 3. The van der Waals surface area contributed by atoms with Crippen LogP contribution in [-0.2, 0) is 0 Å². The van der Waals surface area contributed by atoms with Crippen LogP contribution < -0.4 is 15.8 Å². The monoisotopic (exact) mass is 282 g/mol. The summed E-state index contributed by atoms with van der Waals surface area (Å²) >= 11 is 0. The Morgan fingerprint density at radius 1 is 1.24 bits per heavy atom. The van der Waals surface area contributed by atoms with E-state index in [-0.39, 0.29) is 0 Å². The fourth-order valence-electron chi connectivity index (χ4n) is 1.66. The van der Waals surface area contributed by atoms with Crippen molar-refractivity contribution in [3.8, 4) is 11.9 Å². The topological polar surface area (TPSA) is 84.0 Å². The van der Waals surface area contributed by atoms with Gasteiger partial charge in [0.05, 0.1) is 23.9 Å². The maximum absolute atomic E-state index is 8.78. The maximum Gasteiger partial charge on any atom is 0.239 e. The van der Waals surface area contributed by atoms with Crippen LogP contribution in [0.4, 0.5) is 17.2 Å². The van der Waals surface area contributed by atoms with Gasteiger partial charge in [0, 0.05) is 5.69 Å². The summed E-state index contributed by atoms with van der Waals surface area (Å²) in [6.45, 7) is 4.70. The van der Waals surface area contributed by atoms with Crippen molar-refractivity contribution in [1.82, 2.24) is 4.98 Å². The molecule has 1 aromatic carbocycles. The first-order valence-corrected chi connectivity index (χ1v) is 6.75. The van der Waals surface area contributed by atoms with E-state index in [1.165, 1.54) is 0 Å². The van der Waals surface area contributed by atoms with Crippen LogP contribution >= 0.6 is 0 Å². The van der Waals surface area contributed by atoms with Gasteiger partial charge >= 0.3 is 0 Å². The summed E-state index contributed by atoms with van der Waals surface area (Å²) in [5.41, 5.74) is 7.84. The fourth-order valence-corrected chi connectivity index (χ4v) is 1.66. The van der Waals surface area contributed by atoms with Gasteiger partial charge in [-0.1, -0.05) is 13.8 Å². The molecule has 0 atom stereocenters. The van der Waals surface area contributed by atoms with Gasteiger partial charge in [0.2, 0.25) is 5.88 Å². The van der Waals surface area contributed by atoms with Crippen LogP contribution in [0.2, 0.25) is 0 Å². The molecular formula is C16H18N4O. The number of nitrogen functional groups attached to an aromatic ring is 1. The molecule has 0 spiro atoms. The molecule has 0 fully saturated rings. The summed E-state index contributed by atoms with van der Waals surface area (Å²) in [5, 5.41) is 11.9. The molecule has 5 nitrogen and oxygen atoms in total. The molecule has 0 radical (unpaired) electrons. The molecule has 0 aliphatic carbocycles. The van der Waals surface area contributed by atoms with Crippen LogP contribution in [0.1, 0.15) is 19.4 Å². The second kappa shape index (κ2) is 6.62. The predicted molar refractivity (Wildman–Crippen MR) is 83.4 cm³/mol. The Hall–Kier alpha value is -2.74. The molecule has 108 valence electrons. The third-order valence-electron chi connectivity index (χ3n) is 2.73. The van der Waals surface area contributed by atoms with E-state index in [2.05, 4.69) is 30.2 Å². The highest BCUT2D eigenvalue weighted by Crippen LogP contribution is 2.23. The van der Waals surface area contributed by atoms with Gasteiger partial charge in [0.25, 0.3) is 0 Å². The number of nitrogens with one attached hydrogen (secondary N) is 1. The first-order chi connectivity index (χ1) is 10.1. The molecule has 2 rings (SSSR count). The SMILES string of the molecule is CC(C)COc1nc(Nc2ccc(C#N)cc2)ccc1N. The third kappa shape index (κ3) is 4.11. The third-order valence-corrected chi connectivity index (χ3v) is 2.73. The van der Waals surface area contributed by atoms with Gasteiger partial charge in [-0.25, -0.2) is 0 Å². The van der Waals surface area contributed by atoms with Gasteiger partial charge in [-0.15, -0.1) is 0 Å². The van der Waals surface area contributed by atoms with Gasteiger partial charge in [0.15, 0.2) is 0 Å². The largest absolute Gasteiger partial charge is 0.476 e. The summed E-state index contributed by atoms with van der Waals surface area (Å²) in [6, 6.07) is 12.8. The lowest BCUT2D eigenvalue weighted by Crippen LogP contribution is -2.08. The number of rotatable bonds is 5. The lowest BCUT2D eigenvalue weighted by Gasteiger charge is -2.12. The minimum atomic E-state index is 0.404. The number of benzene rings is 1. The average Bonchev–Trinajstić information content (AvgIpc) is 2.48. The van der Waals surface area contributed by atoms with Crippen LogP contribution in [0.25, 0.3) is 0 Å². The second-order valence-corrected chi connectivity index (χ2v) is 5.11. The number of aromatic nitrogens is 1. The van der Waals surface area contributed by atoms with Gasteiger partial charge in [0.1, 0.15) is 5.82 Å². The lowest BCUT2D eigenvalue weighted by molar-refractivity contribution is 0.263. The minimum Gasteiger partial charge on any atom is -0.476 e. The first kappa shape index (κ1) is 14.7. The maximum atomic E-state index is 8.78. The van der Waals surface area contributed by atoms with Crippen molar-refractivity contribution >= 4 is 17.2 Å². The molecule has 0 saturated carbocycles. The summed E-state index contributed by atoms with van der Waals surface area (Å²) < 4.78 is 5.59. The van der Waals surface area contributed by atoms with E-state index in [1.54, 1.807) is 24.3 Å². The summed E-state index contributed by atoms with van der Waals surface area (Å²) in [5.74, 6) is 1.48. The molecule has 0 saturated heterocycles. The summed E-state index contributed by atoms with van der Waals surface area (Å²) in [7, 11) is 0. The number of nitrogens with two attached hydrogens (primary N) is 1. The van der Waals surface area contributed by atoms with E-state index >= 15 is 0 Å². The van der Waals surface area contributed by atoms with Crippen molar-refractivity contribution in [3.05, 3.63) is 42.0 Å². The van der Waals surface area contributed by atoms with Gasteiger partial charge in [-0.2, -0.15) is 10.2 Å². The van der Waals surface area contributed by atoms with E-state index in [0.717, 1.165) is 5.69 Å². The van der Waals surface area contributed by atoms with Crippen molar-refractivity contribution < 1.29 is 4.74 Å².